The lowest BCUT2D eigenvalue weighted by atomic mass is 10.2. The number of fused-ring (bicyclic) bond motifs is 1. The van der Waals surface area contributed by atoms with E-state index in [2.05, 4.69) is 20.3 Å². The van der Waals surface area contributed by atoms with Gasteiger partial charge < -0.3 is 15.2 Å². The van der Waals surface area contributed by atoms with Gasteiger partial charge in [-0.05, 0) is 62.6 Å². The van der Waals surface area contributed by atoms with Crippen LogP contribution in [0.15, 0.2) is 60.8 Å². The van der Waals surface area contributed by atoms with E-state index in [0.29, 0.717) is 29.4 Å². The molecule has 0 radical (unpaired) electrons. The smallest absolute Gasteiger partial charge is 0.248 e. The highest BCUT2D eigenvalue weighted by Crippen LogP contribution is 2.27. The number of hydrogen-bond donors (Lipinski definition) is 2. The minimum absolute atomic E-state index is 0.112. The highest BCUT2D eigenvalue weighted by molar-refractivity contribution is 6.34. The Hall–Kier alpha value is -3.58. The number of rotatable bonds is 7. The Morgan fingerprint density at radius 2 is 1.85 bits per heavy atom. The van der Waals surface area contributed by atoms with Crippen LogP contribution in [-0.2, 0) is 16.1 Å². The van der Waals surface area contributed by atoms with Gasteiger partial charge >= 0.3 is 0 Å². The van der Waals surface area contributed by atoms with Crippen molar-refractivity contribution < 1.29 is 9.59 Å². The third-order valence-corrected chi connectivity index (χ3v) is 5.87. The number of nitrogens with one attached hydrogen (secondary N) is 2. The summed E-state index contributed by atoms with van der Waals surface area (Å²) < 4.78 is 3.74. The topological polar surface area (TPSA) is 81.0 Å². The second-order valence-corrected chi connectivity index (χ2v) is 8.50. The maximum absolute atomic E-state index is 12.7. The fourth-order valence-electron chi connectivity index (χ4n) is 3.86. The van der Waals surface area contributed by atoms with Gasteiger partial charge in [0, 0.05) is 36.1 Å². The Labute approximate surface area is 197 Å². The lowest BCUT2D eigenvalue weighted by Gasteiger charge is -2.16. The van der Waals surface area contributed by atoms with Crippen molar-refractivity contribution in [1.82, 2.24) is 14.3 Å². The number of carbonyl (C=O) groups excluding carboxylic acids is 2. The molecule has 33 heavy (non-hydrogen) atoms. The Bertz CT molecular complexity index is 1320. The molecule has 0 aliphatic carbocycles. The molecule has 0 saturated carbocycles. The molecule has 2 amide bonds. The van der Waals surface area contributed by atoms with Crippen LogP contribution in [0.1, 0.15) is 30.8 Å². The van der Waals surface area contributed by atoms with Crippen molar-refractivity contribution in [2.75, 3.05) is 10.6 Å². The normalized spacial score (nSPS) is 12.0. The number of amides is 2. The van der Waals surface area contributed by atoms with Gasteiger partial charge in [-0.2, -0.15) is 5.10 Å². The summed E-state index contributed by atoms with van der Waals surface area (Å²) in [6.07, 6.45) is 2.31. The zero-order valence-corrected chi connectivity index (χ0v) is 19.6. The van der Waals surface area contributed by atoms with Gasteiger partial charge in [0.05, 0.1) is 16.4 Å². The summed E-state index contributed by atoms with van der Waals surface area (Å²) in [5.41, 5.74) is 3.92. The minimum atomic E-state index is -0.487. The van der Waals surface area contributed by atoms with Crippen LogP contribution in [0.5, 0.6) is 0 Å². The number of halogens is 1. The van der Waals surface area contributed by atoms with E-state index in [1.807, 2.05) is 56.4 Å². The van der Waals surface area contributed by atoms with Crippen LogP contribution in [-0.4, -0.2) is 26.2 Å². The van der Waals surface area contributed by atoms with Gasteiger partial charge in [0.1, 0.15) is 6.04 Å². The van der Waals surface area contributed by atoms with Crippen molar-refractivity contribution in [3.8, 4) is 0 Å². The van der Waals surface area contributed by atoms with E-state index in [1.54, 1.807) is 29.8 Å². The third-order valence-electron chi connectivity index (χ3n) is 5.56. The number of aromatic nitrogens is 3. The number of anilines is 2. The van der Waals surface area contributed by atoms with Crippen molar-refractivity contribution >= 4 is 45.7 Å². The van der Waals surface area contributed by atoms with Crippen LogP contribution in [0.25, 0.3) is 10.9 Å². The lowest BCUT2D eigenvalue weighted by Crippen LogP contribution is -2.25. The van der Waals surface area contributed by atoms with Gasteiger partial charge in [-0.25, -0.2) is 0 Å². The van der Waals surface area contributed by atoms with E-state index >= 15 is 0 Å². The van der Waals surface area contributed by atoms with Crippen LogP contribution in [0.4, 0.5) is 11.4 Å². The maximum Gasteiger partial charge on any atom is 0.248 e. The highest BCUT2D eigenvalue weighted by atomic mass is 35.5. The van der Waals surface area contributed by atoms with Gasteiger partial charge in [0.15, 0.2) is 0 Å². The van der Waals surface area contributed by atoms with Crippen LogP contribution in [0.2, 0.25) is 5.02 Å². The van der Waals surface area contributed by atoms with Crippen LogP contribution in [0, 0.1) is 13.8 Å². The van der Waals surface area contributed by atoms with E-state index in [9.17, 15) is 9.59 Å². The lowest BCUT2D eigenvalue weighted by molar-refractivity contribution is -0.119. The third kappa shape index (κ3) is 5.09. The molecule has 0 fully saturated rings. The largest absolute Gasteiger partial charge is 0.347 e. The molecule has 0 aliphatic heterocycles. The monoisotopic (exact) mass is 463 g/mol. The molecule has 8 heteroatoms. The second kappa shape index (κ2) is 9.50. The van der Waals surface area contributed by atoms with Gasteiger partial charge in [-0.1, -0.05) is 29.8 Å². The number of benzene rings is 2. The van der Waals surface area contributed by atoms with Crippen molar-refractivity contribution in [3.63, 3.8) is 0 Å². The number of carbonyl (C=O) groups is 2. The van der Waals surface area contributed by atoms with E-state index in [0.717, 1.165) is 22.3 Å². The van der Waals surface area contributed by atoms with Crippen molar-refractivity contribution in [2.24, 2.45) is 0 Å². The number of para-hydroxylation sites is 1. The molecular formula is C25H26ClN5O2. The summed E-state index contributed by atoms with van der Waals surface area (Å²) in [5.74, 6) is -0.336. The van der Waals surface area contributed by atoms with Gasteiger partial charge in [0.25, 0.3) is 0 Å². The number of nitrogens with zero attached hydrogens (tertiary/aromatic N) is 3. The van der Waals surface area contributed by atoms with Crippen LogP contribution < -0.4 is 10.6 Å². The predicted molar refractivity (Wildman–Crippen MR) is 132 cm³/mol. The zero-order chi connectivity index (χ0) is 23.5. The summed E-state index contributed by atoms with van der Waals surface area (Å²) >= 11 is 6.37. The summed E-state index contributed by atoms with van der Waals surface area (Å²) in [7, 11) is 0. The molecule has 0 spiro atoms. The maximum atomic E-state index is 12.7. The van der Waals surface area contributed by atoms with Gasteiger partial charge in [-0.3, -0.25) is 14.3 Å². The fourth-order valence-corrected chi connectivity index (χ4v) is 4.09. The van der Waals surface area contributed by atoms with Gasteiger partial charge in [0.2, 0.25) is 11.8 Å². The molecule has 2 aromatic carbocycles. The van der Waals surface area contributed by atoms with Gasteiger partial charge in [-0.15, -0.1) is 0 Å². The Morgan fingerprint density at radius 3 is 2.58 bits per heavy atom. The van der Waals surface area contributed by atoms with Crippen LogP contribution >= 0.6 is 11.6 Å². The molecule has 0 saturated heterocycles. The first-order chi connectivity index (χ1) is 15.8. The fraction of sp³-hybridized carbons (Fsp3) is 0.240. The first-order valence-corrected chi connectivity index (χ1v) is 11.2. The molecule has 170 valence electrons. The summed E-state index contributed by atoms with van der Waals surface area (Å²) in [4.78, 5) is 25.1. The second-order valence-electron chi connectivity index (χ2n) is 8.10. The molecular weight excluding hydrogens is 438 g/mol. The average Bonchev–Trinajstić information content (AvgIpc) is 3.35. The number of hydrogen-bond acceptors (Lipinski definition) is 3. The molecule has 4 rings (SSSR count). The summed E-state index contributed by atoms with van der Waals surface area (Å²) in [5, 5.41) is 11.6. The summed E-state index contributed by atoms with van der Waals surface area (Å²) in [6, 6.07) is 16.6. The van der Waals surface area contributed by atoms with E-state index < -0.39 is 6.04 Å². The molecule has 2 aromatic heterocycles. The molecule has 0 bridgehead atoms. The minimum Gasteiger partial charge on any atom is -0.347 e. The van der Waals surface area contributed by atoms with E-state index in [1.165, 1.54) is 0 Å². The quantitative estimate of drug-likeness (QED) is 0.388. The molecule has 2 heterocycles. The van der Waals surface area contributed by atoms with E-state index in [-0.39, 0.29) is 11.8 Å². The molecule has 0 aliphatic rings. The first-order valence-electron chi connectivity index (χ1n) is 10.8. The predicted octanol–water partition coefficient (Wildman–Crippen LogP) is 5.34. The Morgan fingerprint density at radius 1 is 1.06 bits per heavy atom. The zero-order valence-electron chi connectivity index (χ0n) is 18.8. The molecule has 4 aromatic rings. The van der Waals surface area contributed by atoms with E-state index in [4.69, 9.17) is 11.6 Å². The number of aryl methyl sites for hydroxylation is 3. The highest BCUT2D eigenvalue weighted by Gasteiger charge is 2.19. The first kappa shape index (κ1) is 22.6. The van der Waals surface area contributed by atoms with Crippen molar-refractivity contribution in [2.45, 2.75) is 39.8 Å². The van der Waals surface area contributed by atoms with Crippen molar-refractivity contribution in [3.05, 3.63) is 77.2 Å². The molecule has 1 atom stereocenters. The summed E-state index contributed by atoms with van der Waals surface area (Å²) in [6.45, 7) is 6.16. The Kier molecular flexibility index (Phi) is 6.51. The molecule has 7 nitrogen and oxygen atoms in total. The molecule has 1 unspecified atom stereocenters. The average molecular weight is 464 g/mol. The Balaban J connectivity index is 1.35. The standard InChI is InChI=1S/C25H26ClN5O2/c1-16-14-17(2)31(29-16)18(3)25(33)28-22-9-8-20(15-21(22)26)27-24(32)11-13-30-12-10-19-6-4-5-7-23(19)30/h4-10,12,14-15,18H,11,13H2,1-3H3,(H,27,32)(H,28,33). The molecule has 2 N–H and O–H groups in total. The SMILES string of the molecule is Cc1cc(C)n(C(C)C(=O)Nc2ccc(NC(=O)CCn3ccc4ccccc43)cc2Cl)n1. The van der Waals surface area contributed by atoms with Crippen LogP contribution in [0.3, 0.4) is 0 Å². The van der Waals surface area contributed by atoms with Crippen molar-refractivity contribution in [1.29, 1.82) is 0 Å².